The van der Waals surface area contributed by atoms with E-state index in [9.17, 15) is 0 Å². The topological polar surface area (TPSA) is 0 Å². The van der Waals surface area contributed by atoms with E-state index in [-0.39, 0.29) is 0 Å². The molecule has 0 aliphatic heterocycles. The largest absolute Gasteiger partial charge is 0.0622 e. The van der Waals surface area contributed by atoms with Crippen LogP contribution in [0.25, 0.3) is 98.0 Å². The normalized spacial score (nSPS) is 11.9. The molecule has 0 heteroatoms. The van der Waals surface area contributed by atoms with Crippen molar-refractivity contribution in [3.8, 4) is 33.4 Å². The first kappa shape index (κ1) is 25.4. The molecule has 0 heterocycles. The van der Waals surface area contributed by atoms with E-state index in [0.717, 1.165) is 0 Å². The number of hydrogen-bond acceptors (Lipinski definition) is 0. The number of benzene rings is 10. The highest BCUT2D eigenvalue weighted by Gasteiger charge is 2.20. The Kier molecular flexibility index (Phi) is 5.38. The van der Waals surface area contributed by atoms with Gasteiger partial charge in [-0.3, -0.25) is 0 Å². The summed E-state index contributed by atoms with van der Waals surface area (Å²) < 4.78 is 0. The summed E-state index contributed by atoms with van der Waals surface area (Å²) in [7, 11) is 0. The number of fused-ring (bicyclic) bond motifs is 3. The molecule has 0 aliphatic rings. The van der Waals surface area contributed by atoms with Crippen molar-refractivity contribution >= 4 is 64.6 Å². The van der Waals surface area contributed by atoms with E-state index < -0.39 is 0 Å². The monoisotopic (exact) mass is 580 g/mol. The van der Waals surface area contributed by atoms with E-state index in [2.05, 4.69) is 170 Å². The molecule has 0 bridgehead atoms. The van der Waals surface area contributed by atoms with Gasteiger partial charge in [0.05, 0.1) is 0 Å². The van der Waals surface area contributed by atoms with Crippen LogP contribution in [0.4, 0.5) is 0 Å². The van der Waals surface area contributed by atoms with Crippen molar-refractivity contribution in [2.24, 2.45) is 0 Å². The molecule has 0 radical (unpaired) electrons. The highest BCUT2D eigenvalue weighted by atomic mass is 14.2. The average Bonchev–Trinajstić information content (AvgIpc) is 3.13. The molecule has 0 saturated carbocycles. The van der Waals surface area contributed by atoms with Gasteiger partial charge in [0.2, 0.25) is 0 Å². The van der Waals surface area contributed by atoms with Crippen molar-refractivity contribution in [3.05, 3.63) is 170 Å². The van der Waals surface area contributed by atoms with E-state index in [1.165, 1.54) is 98.0 Å². The first-order chi connectivity index (χ1) is 22.8. The molecule has 0 nitrogen and oxygen atoms in total. The molecule has 10 aromatic rings. The van der Waals surface area contributed by atoms with Crippen molar-refractivity contribution in [1.29, 1.82) is 0 Å². The quantitative estimate of drug-likeness (QED) is 0.144. The highest BCUT2D eigenvalue weighted by Crippen LogP contribution is 2.48. The van der Waals surface area contributed by atoms with Crippen LogP contribution in [0.3, 0.4) is 0 Å². The Morgan fingerprint density at radius 3 is 1.63 bits per heavy atom. The summed E-state index contributed by atoms with van der Waals surface area (Å²) in [6.07, 6.45) is 0. The molecule has 0 fully saturated rings. The summed E-state index contributed by atoms with van der Waals surface area (Å²) in [6, 6.07) is 62.9. The zero-order chi connectivity index (χ0) is 30.2. The maximum absolute atomic E-state index is 2.43. The highest BCUT2D eigenvalue weighted by molar-refractivity contribution is 6.29. The molecule has 0 saturated heterocycles. The van der Waals surface area contributed by atoms with Crippen LogP contribution in [0, 0.1) is 0 Å². The zero-order valence-corrected chi connectivity index (χ0v) is 25.2. The van der Waals surface area contributed by atoms with E-state index in [1.54, 1.807) is 0 Å². The SMILES string of the molecule is c1ccc(-c2ccc3c(-c4ccc5ccccc5c4)c4ccccc4c(-c4ccc5ccc6cccc7ccc4c5c67)c3c2)cc1. The summed E-state index contributed by atoms with van der Waals surface area (Å²) in [6.45, 7) is 0. The second kappa shape index (κ2) is 9.76. The zero-order valence-electron chi connectivity index (χ0n) is 25.2. The Hall–Kier alpha value is -5.98. The predicted molar refractivity (Wildman–Crippen MR) is 199 cm³/mol. The Labute approximate surface area is 267 Å². The molecule has 10 rings (SSSR count). The Bertz CT molecular complexity index is 2770. The van der Waals surface area contributed by atoms with E-state index in [4.69, 9.17) is 0 Å². The van der Waals surface area contributed by atoms with Crippen LogP contribution in [-0.4, -0.2) is 0 Å². The summed E-state index contributed by atoms with van der Waals surface area (Å²) in [5, 5.41) is 15.5. The Balaban J connectivity index is 1.38. The fourth-order valence-electron chi connectivity index (χ4n) is 7.89. The maximum atomic E-state index is 2.43. The van der Waals surface area contributed by atoms with Crippen molar-refractivity contribution in [1.82, 2.24) is 0 Å². The lowest BCUT2D eigenvalue weighted by Crippen LogP contribution is -1.93. The molecule has 0 unspecified atom stereocenters. The number of rotatable bonds is 3. The second-order valence-corrected chi connectivity index (χ2v) is 12.5. The lowest BCUT2D eigenvalue weighted by molar-refractivity contribution is 1.64. The molecule has 0 N–H and O–H groups in total. The van der Waals surface area contributed by atoms with Crippen LogP contribution in [0.1, 0.15) is 0 Å². The van der Waals surface area contributed by atoms with Crippen LogP contribution in [0.2, 0.25) is 0 Å². The van der Waals surface area contributed by atoms with Crippen molar-refractivity contribution in [2.75, 3.05) is 0 Å². The summed E-state index contributed by atoms with van der Waals surface area (Å²) in [5.41, 5.74) is 7.57. The first-order valence-electron chi connectivity index (χ1n) is 16.0. The number of hydrogen-bond donors (Lipinski definition) is 0. The molecular formula is C46H28. The molecule has 212 valence electrons. The predicted octanol–water partition coefficient (Wildman–Crippen LogP) is 13.0. The lowest BCUT2D eigenvalue weighted by atomic mass is 9.82. The molecule has 0 spiro atoms. The first-order valence-corrected chi connectivity index (χ1v) is 16.0. The van der Waals surface area contributed by atoms with Crippen LogP contribution in [-0.2, 0) is 0 Å². The van der Waals surface area contributed by atoms with Crippen molar-refractivity contribution in [2.45, 2.75) is 0 Å². The van der Waals surface area contributed by atoms with Gasteiger partial charge in [-0.1, -0.05) is 158 Å². The lowest BCUT2D eigenvalue weighted by Gasteiger charge is -2.21. The van der Waals surface area contributed by atoms with Gasteiger partial charge >= 0.3 is 0 Å². The van der Waals surface area contributed by atoms with Gasteiger partial charge in [0.25, 0.3) is 0 Å². The van der Waals surface area contributed by atoms with Gasteiger partial charge in [-0.05, 0) is 110 Å². The van der Waals surface area contributed by atoms with Crippen molar-refractivity contribution < 1.29 is 0 Å². The van der Waals surface area contributed by atoms with Gasteiger partial charge in [0, 0.05) is 0 Å². The minimum Gasteiger partial charge on any atom is -0.0622 e. The Morgan fingerprint density at radius 1 is 0.239 bits per heavy atom. The smallest absolute Gasteiger partial charge is 0.00199 e. The van der Waals surface area contributed by atoms with Crippen LogP contribution in [0.5, 0.6) is 0 Å². The van der Waals surface area contributed by atoms with Crippen molar-refractivity contribution in [3.63, 3.8) is 0 Å². The summed E-state index contributed by atoms with van der Waals surface area (Å²) in [4.78, 5) is 0. The fourth-order valence-corrected chi connectivity index (χ4v) is 7.89. The van der Waals surface area contributed by atoms with Gasteiger partial charge in [0.15, 0.2) is 0 Å². The minimum absolute atomic E-state index is 1.23. The van der Waals surface area contributed by atoms with E-state index in [1.807, 2.05) is 0 Å². The molecule has 10 aromatic carbocycles. The fraction of sp³-hybridized carbons (Fsp3) is 0. The van der Waals surface area contributed by atoms with Crippen LogP contribution < -0.4 is 0 Å². The summed E-state index contributed by atoms with van der Waals surface area (Å²) >= 11 is 0. The maximum Gasteiger partial charge on any atom is -0.00199 e. The Morgan fingerprint density at radius 2 is 0.804 bits per heavy atom. The van der Waals surface area contributed by atoms with Gasteiger partial charge in [-0.2, -0.15) is 0 Å². The van der Waals surface area contributed by atoms with Gasteiger partial charge in [0.1, 0.15) is 0 Å². The molecule has 0 aliphatic carbocycles. The molecule has 46 heavy (non-hydrogen) atoms. The standard InChI is InChI=1S/C46H28/c1-2-9-29(10-3-1)35-23-26-41-42(28-35)46(40-25-22-33-19-18-31-13-8-14-32-21-24-39(40)45(33)43(31)32)38-16-7-6-15-37(38)44(41)36-20-17-30-11-4-5-12-34(30)27-36/h1-28H. The summed E-state index contributed by atoms with van der Waals surface area (Å²) in [5.74, 6) is 0. The van der Waals surface area contributed by atoms with Crippen LogP contribution in [0.15, 0.2) is 170 Å². The minimum atomic E-state index is 1.23. The molecule has 0 atom stereocenters. The third kappa shape index (κ3) is 3.68. The van der Waals surface area contributed by atoms with E-state index in [0.29, 0.717) is 0 Å². The van der Waals surface area contributed by atoms with Gasteiger partial charge < -0.3 is 0 Å². The third-order valence-corrected chi connectivity index (χ3v) is 9.97. The third-order valence-electron chi connectivity index (χ3n) is 9.97. The molecule has 0 amide bonds. The average molecular weight is 581 g/mol. The second-order valence-electron chi connectivity index (χ2n) is 12.5. The van der Waals surface area contributed by atoms with Crippen LogP contribution >= 0.6 is 0 Å². The van der Waals surface area contributed by atoms with Gasteiger partial charge in [-0.25, -0.2) is 0 Å². The molecule has 0 aromatic heterocycles. The van der Waals surface area contributed by atoms with Gasteiger partial charge in [-0.15, -0.1) is 0 Å². The van der Waals surface area contributed by atoms with E-state index >= 15 is 0 Å². The molecular weight excluding hydrogens is 553 g/mol.